The van der Waals surface area contributed by atoms with E-state index in [1.807, 2.05) is 33.8 Å². The Morgan fingerprint density at radius 2 is 1.56 bits per heavy atom. The Morgan fingerprint density at radius 3 is 2.16 bits per heavy atom. The van der Waals surface area contributed by atoms with Crippen LogP contribution in [0.25, 0.3) is 0 Å². The highest BCUT2D eigenvalue weighted by Crippen LogP contribution is 2.76. The third kappa shape index (κ3) is 3.32. The molecule has 0 spiro atoms. The summed E-state index contributed by atoms with van der Waals surface area (Å²) in [4.78, 5) is 39.7. The molecule has 2 aliphatic heterocycles. The smallest absolute Gasteiger partial charge is 0.303 e. The zero-order valence-electron chi connectivity index (χ0n) is 27.1. The number of carbonyl (C=O) groups is 3. The first-order valence-corrected chi connectivity index (χ1v) is 16.2. The minimum absolute atomic E-state index is 0.0730. The number of hydrogen-bond donors (Lipinski definition) is 4. The molecule has 0 radical (unpaired) electrons. The largest absolute Gasteiger partial charge is 0.463 e. The summed E-state index contributed by atoms with van der Waals surface area (Å²) in [6.45, 7) is 17.6. The van der Waals surface area contributed by atoms with Gasteiger partial charge in [0.1, 0.15) is 47.1 Å². The SMILES string of the molecule is C=C1OC2=C[C@@H](C)[C@H]3[C@@H]([C@H](O)[C@H]4[C@H]5C(C(C)[C@H](OC(C)=O)[C@]34C)[C@@]3(C)[C@@H](OC(C)=O)[C@H]4O[C@H]4C[C@]3(O)C(=O)[C@@H]5O)[C@@]2(C)[C@]1(C)O. The molecule has 18 atom stereocenters. The lowest BCUT2D eigenvalue weighted by molar-refractivity contribution is -0.281. The zero-order valence-corrected chi connectivity index (χ0v) is 27.1. The molecular formula is C34H46O11. The number of hydrogen-bond acceptors (Lipinski definition) is 11. The molecule has 7 rings (SSSR count). The van der Waals surface area contributed by atoms with E-state index >= 15 is 0 Å². The number of allylic oxidation sites excluding steroid dienone is 1. The van der Waals surface area contributed by atoms with Crippen molar-refractivity contribution in [1.29, 1.82) is 0 Å². The van der Waals surface area contributed by atoms with Gasteiger partial charge in [0.15, 0.2) is 5.78 Å². The van der Waals surface area contributed by atoms with Crippen molar-refractivity contribution in [3.8, 4) is 0 Å². The van der Waals surface area contributed by atoms with Gasteiger partial charge in [-0.05, 0) is 43.6 Å². The third-order valence-electron chi connectivity index (χ3n) is 14.2. The van der Waals surface area contributed by atoms with Crippen molar-refractivity contribution in [3.63, 3.8) is 0 Å². The minimum atomic E-state index is -2.11. The Balaban J connectivity index is 1.47. The van der Waals surface area contributed by atoms with E-state index in [0.29, 0.717) is 5.76 Å². The number of esters is 2. The lowest BCUT2D eigenvalue weighted by atomic mass is 9.38. The Hall–Kier alpha value is -2.31. The standard InChI is InChI=1S/C34H46O11/c1-12-10-18-31(7,33(9,40)14(3)42-18)23-20(12)30(6)22(25(23)38)19-21(13(2)28(30)43-15(4)35)32(8)29(44-16(5)36)26-17(45-26)11-34(32,41)27(39)24(19)37/h10,12-13,17,19-26,28-29,37-38,40-41H,3,11H2,1-2,4-9H3/t12-,13?,17+,19-,20+,21?,22-,23+,24-,25-,26+,28+,29+,30-,31+,32+,33-,34+/m1/s1. The first kappa shape index (κ1) is 31.3. The minimum Gasteiger partial charge on any atom is -0.463 e. The second-order valence-electron chi connectivity index (χ2n) is 15.9. The van der Waals surface area contributed by atoms with Gasteiger partial charge in [0.05, 0.1) is 17.6 Å². The fourth-order valence-electron chi connectivity index (χ4n) is 12.3. The molecule has 0 amide bonds. The highest BCUT2D eigenvalue weighted by Gasteiger charge is 2.84. The van der Waals surface area contributed by atoms with E-state index in [1.165, 1.54) is 13.8 Å². The number of ether oxygens (including phenoxy) is 4. The topological polar surface area (TPSA) is 172 Å². The summed E-state index contributed by atoms with van der Waals surface area (Å²) >= 11 is 0. The van der Waals surface area contributed by atoms with Crippen molar-refractivity contribution in [2.24, 2.45) is 57.7 Å². The van der Waals surface area contributed by atoms with E-state index in [2.05, 4.69) is 6.58 Å². The van der Waals surface area contributed by atoms with E-state index in [0.717, 1.165) is 0 Å². The van der Waals surface area contributed by atoms with Crippen LogP contribution in [0, 0.1) is 57.7 Å². The van der Waals surface area contributed by atoms with Crippen LogP contribution in [0.3, 0.4) is 0 Å². The molecule has 2 unspecified atom stereocenters. The molecule has 45 heavy (non-hydrogen) atoms. The van der Waals surface area contributed by atoms with E-state index in [1.54, 1.807) is 13.8 Å². The summed E-state index contributed by atoms with van der Waals surface area (Å²) in [6.07, 6.45) is -3.92. The van der Waals surface area contributed by atoms with Crippen LogP contribution in [-0.2, 0) is 33.3 Å². The molecule has 6 fully saturated rings. The number of rotatable bonds is 2. The number of ketones is 1. The summed E-state index contributed by atoms with van der Waals surface area (Å²) < 4.78 is 24.0. The average molecular weight is 631 g/mol. The predicted octanol–water partition coefficient (Wildman–Crippen LogP) is 1.65. The molecule has 2 heterocycles. The van der Waals surface area contributed by atoms with Crippen molar-refractivity contribution in [3.05, 3.63) is 24.2 Å². The van der Waals surface area contributed by atoms with Gasteiger partial charge in [-0.25, -0.2) is 0 Å². The van der Waals surface area contributed by atoms with Crippen molar-refractivity contribution in [1.82, 2.24) is 0 Å². The summed E-state index contributed by atoms with van der Waals surface area (Å²) in [5, 5.41) is 49.0. The Kier molecular flexibility index (Phi) is 6.24. The molecule has 7 aliphatic rings. The molecule has 11 nitrogen and oxygen atoms in total. The Morgan fingerprint density at radius 1 is 0.956 bits per heavy atom. The fourth-order valence-corrected chi connectivity index (χ4v) is 12.3. The summed E-state index contributed by atoms with van der Waals surface area (Å²) in [6, 6.07) is 0. The second-order valence-corrected chi connectivity index (χ2v) is 15.9. The van der Waals surface area contributed by atoms with Gasteiger partial charge >= 0.3 is 11.9 Å². The molecule has 0 aromatic carbocycles. The van der Waals surface area contributed by atoms with Gasteiger partial charge in [-0.1, -0.05) is 34.3 Å². The predicted molar refractivity (Wildman–Crippen MR) is 155 cm³/mol. The second kappa shape index (κ2) is 8.98. The van der Waals surface area contributed by atoms with E-state index in [-0.39, 0.29) is 24.0 Å². The van der Waals surface area contributed by atoms with Crippen LogP contribution >= 0.6 is 0 Å². The van der Waals surface area contributed by atoms with Crippen LogP contribution in [0.4, 0.5) is 0 Å². The van der Waals surface area contributed by atoms with Crippen LogP contribution < -0.4 is 0 Å². The number of aliphatic hydroxyl groups excluding tert-OH is 2. The molecule has 0 aromatic rings. The van der Waals surface area contributed by atoms with Gasteiger partial charge < -0.3 is 39.4 Å². The van der Waals surface area contributed by atoms with Crippen molar-refractivity contribution in [2.45, 2.75) is 110 Å². The van der Waals surface area contributed by atoms with Gasteiger partial charge in [-0.3, -0.25) is 14.4 Å². The van der Waals surface area contributed by atoms with Crippen molar-refractivity contribution >= 4 is 17.7 Å². The summed E-state index contributed by atoms with van der Waals surface area (Å²) in [5.41, 5.74) is -7.27. The molecular weight excluding hydrogens is 584 g/mol. The van der Waals surface area contributed by atoms with Gasteiger partial charge in [0.2, 0.25) is 0 Å². The molecule has 0 aromatic heterocycles. The average Bonchev–Trinajstić information content (AvgIpc) is 3.61. The molecule has 4 N–H and O–H groups in total. The van der Waals surface area contributed by atoms with Gasteiger partial charge in [0, 0.05) is 48.9 Å². The van der Waals surface area contributed by atoms with Crippen LogP contribution in [0.5, 0.6) is 0 Å². The molecule has 0 bridgehead atoms. The highest BCUT2D eigenvalue weighted by molar-refractivity contribution is 5.94. The summed E-state index contributed by atoms with van der Waals surface area (Å²) in [7, 11) is 0. The molecule has 248 valence electrons. The van der Waals surface area contributed by atoms with E-state index < -0.39 is 111 Å². The van der Waals surface area contributed by atoms with Crippen LogP contribution in [-0.4, -0.2) is 86.0 Å². The molecule has 11 heteroatoms. The number of aliphatic hydroxyl groups is 4. The van der Waals surface area contributed by atoms with Crippen molar-refractivity contribution < 1.29 is 53.8 Å². The fraction of sp³-hybridized carbons (Fsp3) is 0.794. The maximum Gasteiger partial charge on any atom is 0.303 e. The van der Waals surface area contributed by atoms with Crippen molar-refractivity contribution in [2.75, 3.05) is 0 Å². The maximum absolute atomic E-state index is 14.3. The van der Waals surface area contributed by atoms with Crippen LogP contribution in [0.2, 0.25) is 0 Å². The van der Waals surface area contributed by atoms with Gasteiger partial charge in [-0.15, -0.1) is 0 Å². The lowest BCUT2D eigenvalue weighted by Gasteiger charge is -2.67. The van der Waals surface area contributed by atoms with Crippen LogP contribution in [0.15, 0.2) is 24.2 Å². The quantitative estimate of drug-likeness (QED) is 0.258. The van der Waals surface area contributed by atoms with E-state index in [4.69, 9.17) is 18.9 Å². The Labute approximate surface area is 262 Å². The number of Topliss-reactive ketones (excluding diaryl/α,β-unsaturated/α-hetero) is 1. The third-order valence-corrected chi connectivity index (χ3v) is 14.2. The molecule has 2 saturated heterocycles. The van der Waals surface area contributed by atoms with Gasteiger partial charge in [-0.2, -0.15) is 0 Å². The zero-order chi connectivity index (χ0) is 33.1. The van der Waals surface area contributed by atoms with Crippen LogP contribution in [0.1, 0.15) is 61.8 Å². The maximum atomic E-state index is 14.3. The Bertz CT molecular complexity index is 1440. The number of carbonyl (C=O) groups excluding carboxylic acids is 3. The number of fused-ring (bicyclic) bond motifs is 10. The lowest BCUT2D eigenvalue weighted by Crippen LogP contribution is -2.78. The molecule has 5 aliphatic carbocycles. The monoisotopic (exact) mass is 630 g/mol. The normalized spacial score (nSPS) is 58.8. The highest BCUT2D eigenvalue weighted by atomic mass is 16.6. The van der Waals surface area contributed by atoms with Gasteiger partial charge in [0.25, 0.3) is 0 Å². The summed E-state index contributed by atoms with van der Waals surface area (Å²) in [5.74, 6) is -5.59. The first-order valence-electron chi connectivity index (χ1n) is 16.2. The molecule has 4 saturated carbocycles. The van der Waals surface area contributed by atoms with E-state index in [9.17, 15) is 34.8 Å². The first-order chi connectivity index (χ1) is 20.7. The number of epoxide rings is 1.